The molecule has 2 aromatic rings. The molecule has 0 heterocycles. The van der Waals surface area contributed by atoms with Gasteiger partial charge in [-0.25, -0.2) is 9.18 Å². The van der Waals surface area contributed by atoms with Gasteiger partial charge >= 0.3 is 6.03 Å². The summed E-state index contributed by atoms with van der Waals surface area (Å²) >= 11 is 0. The molecule has 26 heavy (non-hydrogen) atoms. The summed E-state index contributed by atoms with van der Waals surface area (Å²) < 4.78 is 18.7. The molecular weight excluding hydrogens is 337 g/mol. The van der Waals surface area contributed by atoms with Crippen LogP contribution in [-0.2, 0) is 4.79 Å². The van der Waals surface area contributed by atoms with E-state index in [0.29, 0.717) is 5.56 Å². The van der Waals surface area contributed by atoms with Crippen molar-refractivity contribution in [3.05, 3.63) is 65.5 Å². The maximum atomic E-state index is 13.8. The Morgan fingerprint density at radius 3 is 2.38 bits per heavy atom. The van der Waals surface area contributed by atoms with Crippen LogP contribution in [-0.4, -0.2) is 19.0 Å². The van der Waals surface area contributed by atoms with Crippen LogP contribution in [0.4, 0.5) is 9.18 Å². The summed E-state index contributed by atoms with van der Waals surface area (Å²) in [6, 6.07) is 11.9. The molecule has 7 heteroatoms. The maximum absolute atomic E-state index is 13.8. The van der Waals surface area contributed by atoms with Crippen LogP contribution in [0, 0.1) is 5.82 Å². The van der Waals surface area contributed by atoms with Gasteiger partial charge in [0.15, 0.2) is 11.6 Å². The highest BCUT2D eigenvalue weighted by Gasteiger charge is 2.19. The number of rotatable bonds is 7. The monoisotopic (exact) mass is 359 g/mol. The van der Waals surface area contributed by atoms with Gasteiger partial charge in [-0.3, -0.25) is 4.79 Å². The fraction of sp³-hybridized carbons (Fsp3) is 0.263. The Bertz CT molecular complexity index is 768. The molecule has 0 aliphatic carbocycles. The van der Waals surface area contributed by atoms with E-state index in [-0.39, 0.29) is 18.1 Å². The lowest BCUT2D eigenvalue weighted by Gasteiger charge is -2.20. The third-order valence-corrected chi connectivity index (χ3v) is 3.96. The number of hydrogen-bond donors (Lipinski definition) is 3. The molecule has 0 aliphatic rings. The van der Waals surface area contributed by atoms with E-state index in [0.717, 1.165) is 5.56 Å². The Balaban J connectivity index is 2.05. The molecule has 138 valence electrons. The average molecular weight is 359 g/mol. The maximum Gasteiger partial charge on any atom is 0.312 e. The lowest BCUT2D eigenvalue weighted by Crippen LogP contribution is -2.37. The van der Waals surface area contributed by atoms with Gasteiger partial charge in [-0.1, -0.05) is 36.4 Å². The number of carbonyl (C=O) groups is 2. The van der Waals surface area contributed by atoms with Crippen LogP contribution >= 0.6 is 0 Å². The van der Waals surface area contributed by atoms with Gasteiger partial charge in [0.25, 0.3) is 0 Å². The average Bonchev–Trinajstić information content (AvgIpc) is 2.61. The fourth-order valence-corrected chi connectivity index (χ4v) is 2.63. The van der Waals surface area contributed by atoms with Crippen molar-refractivity contribution in [1.29, 1.82) is 0 Å². The second-order valence-corrected chi connectivity index (χ2v) is 5.86. The van der Waals surface area contributed by atoms with E-state index in [9.17, 15) is 14.0 Å². The number of ether oxygens (including phenoxy) is 1. The second-order valence-electron chi connectivity index (χ2n) is 5.86. The number of nitrogens with one attached hydrogen (secondary N) is 2. The zero-order chi connectivity index (χ0) is 19.1. The number of urea groups is 1. The summed E-state index contributed by atoms with van der Waals surface area (Å²) in [4.78, 5) is 23.6. The minimum atomic E-state index is -0.711. The van der Waals surface area contributed by atoms with Crippen molar-refractivity contribution < 1.29 is 18.7 Å². The van der Waals surface area contributed by atoms with E-state index in [4.69, 9.17) is 10.5 Å². The van der Waals surface area contributed by atoms with E-state index in [1.54, 1.807) is 25.1 Å². The predicted octanol–water partition coefficient (Wildman–Crippen LogP) is 2.81. The zero-order valence-electron chi connectivity index (χ0n) is 14.7. The Labute approximate surface area is 151 Å². The van der Waals surface area contributed by atoms with Crippen LogP contribution < -0.4 is 21.1 Å². The van der Waals surface area contributed by atoms with Crippen LogP contribution in [0.15, 0.2) is 48.5 Å². The number of nitrogens with two attached hydrogens (primary N) is 1. The van der Waals surface area contributed by atoms with Crippen molar-refractivity contribution in [1.82, 2.24) is 10.6 Å². The van der Waals surface area contributed by atoms with Crippen molar-refractivity contribution in [2.75, 3.05) is 7.11 Å². The third-order valence-electron chi connectivity index (χ3n) is 3.96. The van der Waals surface area contributed by atoms with Gasteiger partial charge in [-0.2, -0.15) is 0 Å². The van der Waals surface area contributed by atoms with Crippen LogP contribution in [0.3, 0.4) is 0 Å². The molecule has 2 atom stereocenters. The number of hydrogen-bond acceptors (Lipinski definition) is 3. The number of halogens is 1. The SMILES string of the molecule is COc1ccc([C@H](C)NC(=O)C[C@@H](NC(N)=O)c2ccccc2)cc1F. The molecule has 2 rings (SSSR count). The standard InChI is InChI=1S/C19H22FN3O3/c1-12(14-8-9-17(26-2)15(20)10-14)22-18(24)11-16(23-19(21)25)13-6-4-3-5-7-13/h3-10,12,16H,11H2,1-2H3,(H,22,24)(H3,21,23,25)/t12-,16+/m0/s1. The second kappa shape index (κ2) is 8.84. The van der Waals surface area contributed by atoms with Crippen LogP contribution in [0.1, 0.15) is 36.6 Å². The molecule has 0 aromatic heterocycles. The van der Waals surface area contributed by atoms with Gasteiger partial charge in [-0.05, 0) is 30.2 Å². The number of benzene rings is 2. The molecule has 0 saturated carbocycles. The Kier molecular flexibility index (Phi) is 6.54. The number of primary amides is 1. The molecular formula is C19H22FN3O3. The molecule has 6 nitrogen and oxygen atoms in total. The van der Waals surface area contributed by atoms with Crippen LogP contribution in [0.25, 0.3) is 0 Å². The highest BCUT2D eigenvalue weighted by molar-refractivity contribution is 5.79. The molecule has 4 N–H and O–H groups in total. The summed E-state index contributed by atoms with van der Waals surface area (Å²) in [6.45, 7) is 1.75. The summed E-state index contributed by atoms with van der Waals surface area (Å²) in [5.41, 5.74) is 6.58. The molecule has 0 saturated heterocycles. The molecule has 0 aliphatic heterocycles. The largest absolute Gasteiger partial charge is 0.494 e. The highest BCUT2D eigenvalue weighted by Crippen LogP contribution is 2.22. The zero-order valence-corrected chi connectivity index (χ0v) is 14.7. The molecule has 0 radical (unpaired) electrons. The third kappa shape index (κ3) is 5.20. The quantitative estimate of drug-likeness (QED) is 0.710. The van der Waals surface area contributed by atoms with Gasteiger partial charge in [0.2, 0.25) is 5.91 Å². The number of carbonyl (C=O) groups excluding carboxylic acids is 2. The predicted molar refractivity (Wildman–Crippen MR) is 96.0 cm³/mol. The summed E-state index contributed by atoms with van der Waals surface area (Å²) in [6.07, 6.45) is 0.00985. The van der Waals surface area contributed by atoms with E-state index in [2.05, 4.69) is 10.6 Å². The van der Waals surface area contributed by atoms with Gasteiger partial charge in [0.05, 0.1) is 25.6 Å². The minimum Gasteiger partial charge on any atom is -0.494 e. The van der Waals surface area contributed by atoms with Crippen molar-refractivity contribution in [2.24, 2.45) is 5.73 Å². The first-order valence-corrected chi connectivity index (χ1v) is 8.14. The summed E-state index contributed by atoms with van der Waals surface area (Å²) in [7, 11) is 1.39. The highest BCUT2D eigenvalue weighted by atomic mass is 19.1. The summed E-state index contributed by atoms with van der Waals surface area (Å²) in [5, 5.41) is 5.36. The Morgan fingerprint density at radius 2 is 1.81 bits per heavy atom. The van der Waals surface area contributed by atoms with Crippen LogP contribution in [0.5, 0.6) is 5.75 Å². The van der Waals surface area contributed by atoms with Crippen molar-refractivity contribution in [2.45, 2.75) is 25.4 Å². The normalized spacial score (nSPS) is 12.7. The van der Waals surface area contributed by atoms with Gasteiger partial charge in [0.1, 0.15) is 0 Å². The Morgan fingerprint density at radius 1 is 1.12 bits per heavy atom. The first kappa shape index (κ1) is 19.2. The lowest BCUT2D eigenvalue weighted by molar-refractivity contribution is -0.122. The number of methoxy groups -OCH3 is 1. The summed E-state index contributed by atoms with van der Waals surface area (Å²) in [5.74, 6) is -0.651. The molecule has 3 amide bonds. The van der Waals surface area contributed by atoms with E-state index >= 15 is 0 Å². The molecule has 2 aromatic carbocycles. The van der Waals surface area contributed by atoms with Gasteiger partial charge in [0, 0.05) is 0 Å². The van der Waals surface area contributed by atoms with Crippen molar-refractivity contribution in [3.8, 4) is 5.75 Å². The van der Waals surface area contributed by atoms with Crippen molar-refractivity contribution in [3.63, 3.8) is 0 Å². The number of amides is 3. The smallest absolute Gasteiger partial charge is 0.312 e. The van der Waals surface area contributed by atoms with Crippen LogP contribution in [0.2, 0.25) is 0 Å². The topological polar surface area (TPSA) is 93.4 Å². The van der Waals surface area contributed by atoms with Gasteiger partial charge in [-0.15, -0.1) is 0 Å². The molecule has 0 spiro atoms. The fourth-order valence-electron chi connectivity index (χ4n) is 2.63. The first-order valence-electron chi connectivity index (χ1n) is 8.14. The molecule has 0 fully saturated rings. The Hall–Kier alpha value is -3.09. The van der Waals surface area contributed by atoms with E-state index in [1.807, 2.05) is 18.2 Å². The minimum absolute atomic E-state index is 0.00985. The molecule has 0 unspecified atom stereocenters. The first-order chi connectivity index (χ1) is 12.4. The van der Waals surface area contributed by atoms with Crippen molar-refractivity contribution >= 4 is 11.9 Å². The van der Waals surface area contributed by atoms with E-state index in [1.165, 1.54) is 19.2 Å². The van der Waals surface area contributed by atoms with E-state index < -0.39 is 23.9 Å². The lowest BCUT2D eigenvalue weighted by atomic mass is 10.0. The van der Waals surface area contributed by atoms with Gasteiger partial charge < -0.3 is 21.1 Å². The molecule has 0 bridgehead atoms.